The van der Waals surface area contributed by atoms with Crippen molar-refractivity contribution >= 4 is 11.8 Å². The Labute approximate surface area is 144 Å². The second kappa shape index (κ2) is 6.65. The minimum absolute atomic E-state index is 0.239. The summed E-state index contributed by atoms with van der Waals surface area (Å²) in [6, 6.07) is 13.2. The lowest BCUT2D eigenvalue weighted by Crippen LogP contribution is -2.04. The molecule has 2 aromatic heterocycles. The molecule has 0 saturated heterocycles. The molecule has 0 radical (unpaired) electrons. The quantitative estimate of drug-likeness (QED) is 0.694. The average molecular weight is 338 g/mol. The standard InChI is InChI=1S/C18H18N4OS/c23-16-7-2-1-6-15(16)17-20-21-18(22(17)11-13-8-9-13)24-12-14-5-3-4-10-19-14/h1-7,10,13,23H,8-9,11-12H2. The molecule has 0 bridgehead atoms. The van der Waals surface area contributed by atoms with Gasteiger partial charge in [0.1, 0.15) is 5.75 Å². The van der Waals surface area contributed by atoms with Gasteiger partial charge in [-0.05, 0) is 43.0 Å². The van der Waals surface area contributed by atoms with E-state index in [4.69, 9.17) is 0 Å². The number of rotatable bonds is 6. The van der Waals surface area contributed by atoms with Crippen LogP contribution in [0.1, 0.15) is 18.5 Å². The number of thioether (sulfide) groups is 1. The zero-order chi connectivity index (χ0) is 16.4. The van der Waals surface area contributed by atoms with Crippen LogP contribution in [0.3, 0.4) is 0 Å². The van der Waals surface area contributed by atoms with E-state index in [1.807, 2.05) is 36.4 Å². The highest BCUT2D eigenvalue weighted by molar-refractivity contribution is 7.98. The third-order valence-corrected chi connectivity index (χ3v) is 5.08. The van der Waals surface area contributed by atoms with Crippen LogP contribution < -0.4 is 0 Å². The van der Waals surface area contributed by atoms with Gasteiger partial charge in [0, 0.05) is 18.5 Å². The molecular formula is C18H18N4OS. The maximum Gasteiger partial charge on any atom is 0.191 e. The SMILES string of the molecule is Oc1ccccc1-c1nnc(SCc2ccccn2)n1CC1CC1. The Kier molecular flexibility index (Phi) is 4.21. The number of nitrogens with zero attached hydrogens (tertiary/aromatic N) is 4. The molecule has 2 heterocycles. The number of phenolic OH excluding ortho intramolecular Hbond substituents is 1. The first-order valence-corrected chi connectivity index (χ1v) is 9.04. The second-order valence-corrected chi connectivity index (χ2v) is 6.93. The van der Waals surface area contributed by atoms with E-state index in [-0.39, 0.29) is 5.75 Å². The lowest BCUT2D eigenvalue weighted by atomic mass is 10.2. The van der Waals surface area contributed by atoms with Gasteiger partial charge >= 0.3 is 0 Å². The van der Waals surface area contributed by atoms with E-state index in [1.54, 1.807) is 24.0 Å². The first kappa shape index (κ1) is 15.2. The predicted octanol–water partition coefficient (Wildman–Crippen LogP) is 3.75. The van der Waals surface area contributed by atoms with E-state index < -0.39 is 0 Å². The largest absolute Gasteiger partial charge is 0.507 e. The summed E-state index contributed by atoms with van der Waals surface area (Å²) >= 11 is 1.64. The van der Waals surface area contributed by atoms with Gasteiger partial charge < -0.3 is 9.67 Å². The summed E-state index contributed by atoms with van der Waals surface area (Å²) in [4.78, 5) is 4.36. The molecule has 0 atom stereocenters. The molecule has 0 unspecified atom stereocenters. The smallest absolute Gasteiger partial charge is 0.191 e. The van der Waals surface area contributed by atoms with Crippen LogP contribution in [0.15, 0.2) is 53.8 Å². The van der Waals surface area contributed by atoms with E-state index in [0.717, 1.165) is 34.5 Å². The van der Waals surface area contributed by atoms with Gasteiger partial charge in [-0.3, -0.25) is 4.98 Å². The maximum absolute atomic E-state index is 10.2. The van der Waals surface area contributed by atoms with Crippen LogP contribution in [-0.2, 0) is 12.3 Å². The molecule has 1 aromatic carbocycles. The highest BCUT2D eigenvalue weighted by Gasteiger charge is 2.26. The molecule has 5 nitrogen and oxygen atoms in total. The van der Waals surface area contributed by atoms with Crippen LogP contribution in [0.25, 0.3) is 11.4 Å². The first-order valence-electron chi connectivity index (χ1n) is 8.05. The highest BCUT2D eigenvalue weighted by atomic mass is 32.2. The predicted molar refractivity (Wildman–Crippen MR) is 93.6 cm³/mol. The van der Waals surface area contributed by atoms with Crippen molar-refractivity contribution in [2.24, 2.45) is 5.92 Å². The fraction of sp³-hybridized carbons (Fsp3) is 0.278. The van der Waals surface area contributed by atoms with Gasteiger partial charge in [0.2, 0.25) is 0 Å². The van der Waals surface area contributed by atoms with Gasteiger partial charge in [-0.25, -0.2) is 0 Å². The molecule has 6 heteroatoms. The molecule has 0 amide bonds. The Balaban J connectivity index is 1.63. The first-order chi connectivity index (χ1) is 11.8. The topological polar surface area (TPSA) is 63.8 Å². The summed E-state index contributed by atoms with van der Waals surface area (Å²) in [7, 11) is 0. The average Bonchev–Trinajstić information content (AvgIpc) is 3.35. The van der Waals surface area contributed by atoms with Crippen LogP contribution in [0.4, 0.5) is 0 Å². The molecular weight excluding hydrogens is 320 g/mol. The summed E-state index contributed by atoms with van der Waals surface area (Å²) in [6.45, 7) is 0.904. The van der Waals surface area contributed by atoms with Crippen molar-refractivity contribution in [2.75, 3.05) is 0 Å². The van der Waals surface area contributed by atoms with Crippen molar-refractivity contribution in [1.29, 1.82) is 0 Å². The third kappa shape index (κ3) is 3.28. The fourth-order valence-corrected chi connectivity index (χ4v) is 3.47. The molecule has 4 rings (SSSR count). The summed E-state index contributed by atoms with van der Waals surface area (Å²) in [5.74, 6) is 2.43. The van der Waals surface area contributed by atoms with Gasteiger partial charge in [0.25, 0.3) is 0 Å². The van der Waals surface area contributed by atoms with Crippen LogP contribution in [0.5, 0.6) is 5.75 Å². The molecule has 122 valence electrons. The molecule has 0 aliphatic heterocycles. The molecule has 1 aliphatic rings. The van der Waals surface area contributed by atoms with Gasteiger partial charge in [-0.15, -0.1) is 10.2 Å². The van der Waals surface area contributed by atoms with Crippen LogP contribution in [-0.4, -0.2) is 24.9 Å². The van der Waals surface area contributed by atoms with Gasteiger partial charge in [0.15, 0.2) is 11.0 Å². The van der Waals surface area contributed by atoms with Crippen molar-refractivity contribution in [1.82, 2.24) is 19.7 Å². The minimum Gasteiger partial charge on any atom is -0.507 e. The number of para-hydroxylation sites is 1. The molecule has 1 saturated carbocycles. The monoisotopic (exact) mass is 338 g/mol. The van der Waals surface area contributed by atoms with Gasteiger partial charge in [-0.2, -0.15) is 0 Å². The summed E-state index contributed by atoms with van der Waals surface area (Å²) in [6.07, 6.45) is 4.31. The zero-order valence-corrected chi connectivity index (χ0v) is 14.0. The zero-order valence-electron chi connectivity index (χ0n) is 13.2. The molecule has 1 fully saturated rings. The highest BCUT2D eigenvalue weighted by Crippen LogP contribution is 2.36. The Morgan fingerprint density at radius 1 is 1.08 bits per heavy atom. The van der Waals surface area contributed by atoms with E-state index in [2.05, 4.69) is 19.7 Å². The van der Waals surface area contributed by atoms with Crippen LogP contribution in [0.2, 0.25) is 0 Å². The number of hydrogen-bond acceptors (Lipinski definition) is 5. The second-order valence-electron chi connectivity index (χ2n) is 5.99. The molecule has 1 aliphatic carbocycles. The number of hydrogen-bond donors (Lipinski definition) is 1. The van der Waals surface area contributed by atoms with E-state index in [1.165, 1.54) is 12.8 Å². The van der Waals surface area contributed by atoms with E-state index >= 15 is 0 Å². The minimum atomic E-state index is 0.239. The lowest BCUT2D eigenvalue weighted by molar-refractivity contribution is 0.475. The number of phenols is 1. The van der Waals surface area contributed by atoms with Crippen molar-refractivity contribution in [3.63, 3.8) is 0 Å². The lowest BCUT2D eigenvalue weighted by Gasteiger charge is -2.10. The van der Waals surface area contributed by atoms with Crippen molar-refractivity contribution in [3.05, 3.63) is 54.4 Å². The van der Waals surface area contributed by atoms with Crippen LogP contribution in [0, 0.1) is 5.92 Å². The summed E-state index contributed by atoms with van der Waals surface area (Å²) in [5, 5.41) is 19.8. The molecule has 0 spiro atoms. The summed E-state index contributed by atoms with van der Waals surface area (Å²) in [5.41, 5.74) is 1.75. The molecule has 3 aromatic rings. The van der Waals surface area contributed by atoms with Gasteiger partial charge in [-0.1, -0.05) is 30.0 Å². The van der Waals surface area contributed by atoms with Crippen molar-refractivity contribution < 1.29 is 5.11 Å². The number of pyridine rings is 1. The Bertz CT molecular complexity index is 830. The Morgan fingerprint density at radius 3 is 2.67 bits per heavy atom. The van der Waals surface area contributed by atoms with Crippen molar-refractivity contribution in [3.8, 4) is 17.1 Å². The summed E-state index contributed by atoms with van der Waals surface area (Å²) < 4.78 is 2.14. The molecule has 1 N–H and O–H groups in total. The van der Waals surface area contributed by atoms with E-state index in [9.17, 15) is 5.11 Å². The number of aromatic nitrogens is 4. The maximum atomic E-state index is 10.2. The van der Waals surface area contributed by atoms with Crippen LogP contribution >= 0.6 is 11.8 Å². The fourth-order valence-electron chi connectivity index (χ4n) is 2.60. The van der Waals surface area contributed by atoms with E-state index in [0.29, 0.717) is 5.92 Å². The van der Waals surface area contributed by atoms with Crippen molar-refractivity contribution in [2.45, 2.75) is 30.3 Å². The van der Waals surface area contributed by atoms with Gasteiger partial charge in [0.05, 0.1) is 11.3 Å². The third-order valence-electron chi connectivity index (χ3n) is 4.07. The number of aromatic hydroxyl groups is 1. The Morgan fingerprint density at radius 2 is 1.92 bits per heavy atom. The Hall–Kier alpha value is -2.34. The normalized spacial score (nSPS) is 14.0. The number of benzene rings is 1. The molecule has 24 heavy (non-hydrogen) atoms.